The summed E-state index contributed by atoms with van der Waals surface area (Å²) in [6.07, 6.45) is 3.81. The molecule has 0 saturated carbocycles. The average Bonchev–Trinajstić information content (AvgIpc) is 2.49. The van der Waals surface area contributed by atoms with E-state index in [0.29, 0.717) is 6.54 Å². The Balaban J connectivity index is 2.55. The molecule has 0 saturated heterocycles. The lowest BCUT2D eigenvalue weighted by Crippen LogP contribution is -2.09. The standard InChI is InChI=1S/C9H10BrN3/c10-8-5-7-1-3-13(4-2-11)9(7)12-6-8/h1,3,5-6H,2,4,11H2. The molecule has 0 radical (unpaired) electrons. The highest BCUT2D eigenvalue weighted by Crippen LogP contribution is 2.17. The Hall–Kier alpha value is -0.870. The van der Waals surface area contributed by atoms with Gasteiger partial charge in [-0.3, -0.25) is 0 Å². The molecule has 0 aromatic carbocycles. The molecule has 0 aliphatic heterocycles. The van der Waals surface area contributed by atoms with Gasteiger partial charge >= 0.3 is 0 Å². The SMILES string of the molecule is NCCn1ccc2cc(Br)cnc21. The van der Waals surface area contributed by atoms with Gasteiger partial charge in [0.2, 0.25) is 0 Å². The first-order valence-electron chi connectivity index (χ1n) is 4.12. The minimum atomic E-state index is 0.640. The van der Waals surface area contributed by atoms with Gasteiger partial charge in [-0.15, -0.1) is 0 Å². The fraction of sp³-hybridized carbons (Fsp3) is 0.222. The third-order valence-corrected chi connectivity index (χ3v) is 2.37. The molecule has 0 amide bonds. The van der Waals surface area contributed by atoms with Crippen LogP contribution in [0.1, 0.15) is 0 Å². The Bertz CT molecular complexity index is 422. The molecule has 0 aliphatic rings. The van der Waals surface area contributed by atoms with Crippen LogP contribution in [0.15, 0.2) is 29.0 Å². The van der Waals surface area contributed by atoms with E-state index >= 15 is 0 Å². The Morgan fingerprint density at radius 1 is 1.54 bits per heavy atom. The molecule has 0 bridgehead atoms. The van der Waals surface area contributed by atoms with Crippen molar-refractivity contribution >= 4 is 27.0 Å². The van der Waals surface area contributed by atoms with Crippen molar-refractivity contribution in [3.63, 3.8) is 0 Å². The fourth-order valence-corrected chi connectivity index (χ4v) is 1.72. The van der Waals surface area contributed by atoms with Crippen LogP contribution in [0.25, 0.3) is 11.0 Å². The van der Waals surface area contributed by atoms with Gasteiger partial charge in [0.05, 0.1) is 0 Å². The van der Waals surface area contributed by atoms with Crippen LogP contribution >= 0.6 is 15.9 Å². The zero-order chi connectivity index (χ0) is 9.26. The van der Waals surface area contributed by atoms with Crippen LogP contribution in [0.4, 0.5) is 0 Å². The summed E-state index contributed by atoms with van der Waals surface area (Å²) >= 11 is 3.38. The molecule has 2 aromatic heterocycles. The van der Waals surface area contributed by atoms with Crippen molar-refractivity contribution in [2.45, 2.75) is 6.54 Å². The molecule has 0 unspecified atom stereocenters. The van der Waals surface area contributed by atoms with Crippen LogP contribution in [0.5, 0.6) is 0 Å². The zero-order valence-corrected chi connectivity index (χ0v) is 8.66. The van der Waals surface area contributed by atoms with Gasteiger partial charge in [-0.1, -0.05) is 0 Å². The quantitative estimate of drug-likeness (QED) is 0.869. The van der Waals surface area contributed by atoms with Crippen molar-refractivity contribution in [1.82, 2.24) is 9.55 Å². The summed E-state index contributed by atoms with van der Waals surface area (Å²) in [4.78, 5) is 4.32. The van der Waals surface area contributed by atoms with E-state index in [2.05, 4.69) is 31.5 Å². The molecule has 0 atom stereocenters. The summed E-state index contributed by atoms with van der Waals surface area (Å²) in [6, 6.07) is 4.10. The largest absolute Gasteiger partial charge is 0.331 e. The first-order chi connectivity index (χ1) is 6.31. The normalized spacial score (nSPS) is 10.9. The van der Waals surface area contributed by atoms with E-state index in [1.807, 2.05) is 12.3 Å². The molecule has 4 heteroatoms. The van der Waals surface area contributed by atoms with Gasteiger partial charge in [0, 0.05) is 35.3 Å². The summed E-state index contributed by atoms with van der Waals surface area (Å²) in [5.41, 5.74) is 6.48. The predicted octanol–water partition coefficient (Wildman–Crippen LogP) is 1.76. The highest BCUT2D eigenvalue weighted by molar-refractivity contribution is 9.10. The number of nitrogens with two attached hydrogens (primary N) is 1. The van der Waals surface area contributed by atoms with Crippen molar-refractivity contribution in [3.05, 3.63) is 29.0 Å². The molecule has 2 rings (SSSR count). The van der Waals surface area contributed by atoms with E-state index in [9.17, 15) is 0 Å². The minimum Gasteiger partial charge on any atom is -0.331 e. The molecular weight excluding hydrogens is 230 g/mol. The van der Waals surface area contributed by atoms with E-state index in [1.54, 1.807) is 6.20 Å². The number of halogens is 1. The number of nitrogens with zero attached hydrogens (tertiary/aromatic N) is 2. The van der Waals surface area contributed by atoms with Crippen molar-refractivity contribution in [2.75, 3.05) is 6.54 Å². The summed E-state index contributed by atoms with van der Waals surface area (Å²) in [5, 5.41) is 1.14. The Labute approximate surface area is 84.7 Å². The van der Waals surface area contributed by atoms with Gasteiger partial charge in [-0.05, 0) is 28.1 Å². The van der Waals surface area contributed by atoms with Crippen molar-refractivity contribution < 1.29 is 0 Å². The van der Waals surface area contributed by atoms with Gasteiger partial charge in [0.15, 0.2) is 0 Å². The highest BCUT2D eigenvalue weighted by Gasteiger charge is 2.01. The molecule has 0 aliphatic carbocycles. The van der Waals surface area contributed by atoms with Crippen molar-refractivity contribution in [1.29, 1.82) is 0 Å². The summed E-state index contributed by atoms with van der Waals surface area (Å²) in [6.45, 7) is 1.46. The Morgan fingerprint density at radius 3 is 3.15 bits per heavy atom. The van der Waals surface area contributed by atoms with Crippen molar-refractivity contribution in [3.8, 4) is 0 Å². The number of hydrogen-bond acceptors (Lipinski definition) is 2. The summed E-state index contributed by atoms with van der Waals surface area (Å²) in [5.74, 6) is 0. The molecule has 2 N–H and O–H groups in total. The monoisotopic (exact) mass is 239 g/mol. The van der Waals surface area contributed by atoms with Crippen LogP contribution in [0, 0.1) is 0 Å². The van der Waals surface area contributed by atoms with Crippen LogP contribution in [-0.2, 0) is 6.54 Å². The number of pyridine rings is 1. The molecule has 2 heterocycles. The first-order valence-corrected chi connectivity index (χ1v) is 4.91. The van der Waals surface area contributed by atoms with E-state index in [-0.39, 0.29) is 0 Å². The van der Waals surface area contributed by atoms with Gasteiger partial charge in [-0.2, -0.15) is 0 Å². The molecule has 13 heavy (non-hydrogen) atoms. The maximum atomic E-state index is 5.48. The lowest BCUT2D eigenvalue weighted by molar-refractivity contribution is 0.728. The van der Waals surface area contributed by atoms with Crippen LogP contribution in [0.3, 0.4) is 0 Å². The molecule has 2 aromatic rings. The third-order valence-electron chi connectivity index (χ3n) is 1.94. The summed E-state index contributed by atoms with van der Waals surface area (Å²) in [7, 11) is 0. The topological polar surface area (TPSA) is 43.8 Å². The fourth-order valence-electron chi connectivity index (χ4n) is 1.37. The maximum absolute atomic E-state index is 5.48. The van der Waals surface area contributed by atoms with Crippen LogP contribution in [0.2, 0.25) is 0 Å². The molecule has 3 nitrogen and oxygen atoms in total. The second kappa shape index (κ2) is 3.47. The van der Waals surface area contributed by atoms with Gasteiger partial charge in [-0.25, -0.2) is 4.98 Å². The Morgan fingerprint density at radius 2 is 2.38 bits per heavy atom. The second-order valence-electron chi connectivity index (χ2n) is 2.86. The molecule has 0 fully saturated rings. The van der Waals surface area contributed by atoms with Crippen LogP contribution in [-0.4, -0.2) is 16.1 Å². The smallest absolute Gasteiger partial charge is 0.139 e. The van der Waals surface area contributed by atoms with E-state index in [0.717, 1.165) is 22.1 Å². The predicted molar refractivity (Wildman–Crippen MR) is 56.5 cm³/mol. The van der Waals surface area contributed by atoms with Gasteiger partial charge in [0.25, 0.3) is 0 Å². The molecular formula is C9H10BrN3. The molecule has 68 valence electrons. The lowest BCUT2D eigenvalue weighted by Gasteiger charge is -2.00. The Kier molecular flexibility index (Phi) is 2.33. The number of fused-ring (bicyclic) bond motifs is 1. The minimum absolute atomic E-state index is 0.640. The zero-order valence-electron chi connectivity index (χ0n) is 7.07. The lowest BCUT2D eigenvalue weighted by atomic mass is 10.3. The highest BCUT2D eigenvalue weighted by atomic mass is 79.9. The average molecular weight is 240 g/mol. The number of hydrogen-bond donors (Lipinski definition) is 1. The third kappa shape index (κ3) is 1.59. The van der Waals surface area contributed by atoms with Gasteiger partial charge in [0.1, 0.15) is 5.65 Å². The van der Waals surface area contributed by atoms with E-state index in [4.69, 9.17) is 5.73 Å². The number of aromatic nitrogens is 2. The molecule has 0 spiro atoms. The summed E-state index contributed by atoms with van der Waals surface area (Å²) < 4.78 is 3.06. The second-order valence-corrected chi connectivity index (χ2v) is 3.78. The maximum Gasteiger partial charge on any atom is 0.139 e. The number of rotatable bonds is 2. The van der Waals surface area contributed by atoms with Crippen molar-refractivity contribution in [2.24, 2.45) is 5.73 Å². The van der Waals surface area contributed by atoms with E-state index < -0.39 is 0 Å². The van der Waals surface area contributed by atoms with E-state index in [1.165, 1.54) is 0 Å². The van der Waals surface area contributed by atoms with Gasteiger partial charge < -0.3 is 10.3 Å². The first kappa shape index (κ1) is 8.72. The van der Waals surface area contributed by atoms with Crippen LogP contribution < -0.4 is 5.73 Å².